The van der Waals surface area contributed by atoms with E-state index < -0.39 is 0 Å². The van der Waals surface area contributed by atoms with E-state index in [-0.39, 0.29) is 6.10 Å². The summed E-state index contributed by atoms with van der Waals surface area (Å²) < 4.78 is 0. The molecule has 0 saturated carbocycles. The molecule has 0 spiro atoms. The molecule has 0 aromatic heterocycles. The third-order valence-electron chi connectivity index (χ3n) is 3.54. The molecule has 2 aliphatic rings. The first-order valence-corrected chi connectivity index (χ1v) is 5.10. The average Bonchev–Trinajstić information content (AvgIpc) is 2.48. The van der Waals surface area contributed by atoms with Crippen LogP contribution >= 0.6 is 0 Å². The molecule has 4 unspecified atom stereocenters. The van der Waals surface area contributed by atoms with Gasteiger partial charge in [0, 0.05) is 18.5 Å². The van der Waals surface area contributed by atoms with Crippen LogP contribution in [0.5, 0.6) is 0 Å². The fourth-order valence-corrected chi connectivity index (χ4v) is 2.62. The molecule has 0 aromatic carbocycles. The van der Waals surface area contributed by atoms with E-state index >= 15 is 0 Å². The van der Waals surface area contributed by atoms with E-state index in [1.54, 1.807) is 0 Å². The van der Waals surface area contributed by atoms with Crippen LogP contribution in [0, 0.1) is 24.2 Å². The van der Waals surface area contributed by atoms with E-state index in [1.807, 2.05) is 0 Å². The molecule has 72 valence electrons. The van der Waals surface area contributed by atoms with Crippen molar-refractivity contribution in [1.82, 2.24) is 4.90 Å². The largest absolute Gasteiger partial charge is 0.393 e. The van der Waals surface area contributed by atoms with Crippen LogP contribution in [0.25, 0.3) is 0 Å². The molecular formula is C11H17NO. The highest BCUT2D eigenvalue weighted by atomic mass is 16.3. The number of aliphatic hydroxyl groups excluding tert-OH is 1. The number of piperidine rings is 1. The first kappa shape index (κ1) is 9.05. The van der Waals surface area contributed by atoms with Crippen molar-refractivity contribution in [3.05, 3.63) is 0 Å². The Hall–Kier alpha value is -0.520. The van der Waals surface area contributed by atoms with Crippen LogP contribution in [0.4, 0.5) is 0 Å². The monoisotopic (exact) mass is 179 g/mol. The molecule has 2 heteroatoms. The number of aliphatic hydroxyl groups is 1. The lowest BCUT2D eigenvalue weighted by Gasteiger charge is -2.38. The SMILES string of the molecule is C#CC1CCN2CC(C)C(O)CC12. The Labute approximate surface area is 79.9 Å². The van der Waals surface area contributed by atoms with Crippen molar-refractivity contribution in [1.29, 1.82) is 0 Å². The highest BCUT2D eigenvalue weighted by Gasteiger charge is 2.39. The molecule has 2 nitrogen and oxygen atoms in total. The Morgan fingerprint density at radius 1 is 1.54 bits per heavy atom. The molecule has 2 heterocycles. The number of hydrogen-bond donors (Lipinski definition) is 1. The summed E-state index contributed by atoms with van der Waals surface area (Å²) in [6.07, 6.45) is 7.30. The van der Waals surface area contributed by atoms with Crippen molar-refractivity contribution in [3.63, 3.8) is 0 Å². The van der Waals surface area contributed by atoms with Gasteiger partial charge in [-0.05, 0) is 25.3 Å². The van der Waals surface area contributed by atoms with Crippen LogP contribution in [0.1, 0.15) is 19.8 Å². The standard InChI is InChI=1S/C11H17NO/c1-3-9-4-5-12-7-8(2)11(13)6-10(9)12/h1,8-11,13H,4-7H2,2H3. The molecule has 0 aromatic rings. The lowest BCUT2D eigenvalue weighted by atomic mass is 9.87. The zero-order valence-electron chi connectivity index (χ0n) is 8.11. The summed E-state index contributed by atoms with van der Waals surface area (Å²) in [5, 5.41) is 9.74. The Kier molecular flexibility index (Phi) is 2.31. The molecule has 4 atom stereocenters. The summed E-state index contributed by atoms with van der Waals surface area (Å²) in [6, 6.07) is 0.455. The van der Waals surface area contributed by atoms with Crippen molar-refractivity contribution in [2.24, 2.45) is 11.8 Å². The second-order valence-electron chi connectivity index (χ2n) is 4.40. The average molecular weight is 179 g/mol. The minimum Gasteiger partial charge on any atom is -0.393 e. The molecule has 2 rings (SSSR count). The van der Waals surface area contributed by atoms with Gasteiger partial charge in [-0.15, -0.1) is 12.3 Å². The van der Waals surface area contributed by atoms with Gasteiger partial charge in [0.1, 0.15) is 0 Å². The Morgan fingerprint density at radius 3 is 3.00 bits per heavy atom. The number of nitrogens with zero attached hydrogens (tertiary/aromatic N) is 1. The van der Waals surface area contributed by atoms with Crippen LogP contribution in [0.15, 0.2) is 0 Å². The van der Waals surface area contributed by atoms with Crippen molar-refractivity contribution < 1.29 is 5.11 Å². The van der Waals surface area contributed by atoms with Crippen molar-refractivity contribution in [2.45, 2.75) is 31.9 Å². The van der Waals surface area contributed by atoms with E-state index in [2.05, 4.69) is 17.7 Å². The number of hydrogen-bond acceptors (Lipinski definition) is 2. The van der Waals surface area contributed by atoms with E-state index in [0.717, 1.165) is 25.9 Å². The minimum atomic E-state index is -0.143. The fourth-order valence-electron chi connectivity index (χ4n) is 2.62. The van der Waals surface area contributed by atoms with E-state index in [0.29, 0.717) is 17.9 Å². The third-order valence-corrected chi connectivity index (χ3v) is 3.54. The zero-order chi connectivity index (χ0) is 9.42. The molecule has 2 aliphatic heterocycles. The summed E-state index contributed by atoms with van der Waals surface area (Å²) in [6.45, 7) is 4.25. The highest BCUT2D eigenvalue weighted by molar-refractivity contribution is 5.06. The van der Waals surface area contributed by atoms with Crippen LogP contribution < -0.4 is 0 Å². The van der Waals surface area contributed by atoms with Gasteiger partial charge in [-0.2, -0.15) is 0 Å². The van der Waals surface area contributed by atoms with Crippen molar-refractivity contribution in [3.8, 4) is 12.3 Å². The maximum Gasteiger partial charge on any atom is 0.0593 e. The second-order valence-corrected chi connectivity index (χ2v) is 4.40. The lowest BCUT2D eigenvalue weighted by Crippen LogP contribution is -2.46. The Morgan fingerprint density at radius 2 is 2.31 bits per heavy atom. The molecular weight excluding hydrogens is 162 g/mol. The van der Waals surface area contributed by atoms with Gasteiger partial charge in [-0.1, -0.05) is 6.92 Å². The first-order chi connectivity index (χ1) is 6.22. The molecule has 0 amide bonds. The molecule has 2 fully saturated rings. The lowest BCUT2D eigenvalue weighted by molar-refractivity contribution is 0.0122. The molecule has 0 bridgehead atoms. The quantitative estimate of drug-likeness (QED) is 0.554. The number of terminal acetylenes is 1. The fraction of sp³-hybridized carbons (Fsp3) is 0.818. The van der Waals surface area contributed by atoms with Gasteiger partial charge >= 0.3 is 0 Å². The van der Waals surface area contributed by atoms with Crippen molar-refractivity contribution in [2.75, 3.05) is 13.1 Å². The van der Waals surface area contributed by atoms with Gasteiger partial charge in [0.05, 0.1) is 6.10 Å². The van der Waals surface area contributed by atoms with E-state index in [9.17, 15) is 5.11 Å². The Bertz CT molecular complexity index is 233. The maximum absolute atomic E-state index is 9.74. The smallest absolute Gasteiger partial charge is 0.0593 e. The molecule has 0 aliphatic carbocycles. The third kappa shape index (κ3) is 1.47. The molecule has 0 radical (unpaired) electrons. The maximum atomic E-state index is 9.74. The summed E-state index contributed by atoms with van der Waals surface area (Å²) in [7, 11) is 0. The van der Waals surface area contributed by atoms with Gasteiger partial charge in [-0.25, -0.2) is 0 Å². The van der Waals surface area contributed by atoms with Gasteiger partial charge in [0.25, 0.3) is 0 Å². The van der Waals surface area contributed by atoms with Gasteiger partial charge in [0.15, 0.2) is 0 Å². The van der Waals surface area contributed by atoms with Gasteiger partial charge in [0.2, 0.25) is 0 Å². The van der Waals surface area contributed by atoms with Gasteiger partial charge in [-0.3, -0.25) is 4.90 Å². The Balaban J connectivity index is 2.08. The zero-order valence-corrected chi connectivity index (χ0v) is 8.11. The molecule has 1 N–H and O–H groups in total. The predicted molar refractivity (Wildman–Crippen MR) is 52.1 cm³/mol. The minimum absolute atomic E-state index is 0.143. The first-order valence-electron chi connectivity index (χ1n) is 5.10. The van der Waals surface area contributed by atoms with E-state index in [1.165, 1.54) is 0 Å². The van der Waals surface area contributed by atoms with Crippen LogP contribution in [-0.4, -0.2) is 35.2 Å². The molecule has 2 saturated heterocycles. The normalized spacial score (nSPS) is 45.6. The topological polar surface area (TPSA) is 23.5 Å². The number of fused-ring (bicyclic) bond motifs is 1. The van der Waals surface area contributed by atoms with Gasteiger partial charge < -0.3 is 5.11 Å². The second kappa shape index (κ2) is 3.32. The van der Waals surface area contributed by atoms with Crippen LogP contribution in [0.2, 0.25) is 0 Å². The summed E-state index contributed by atoms with van der Waals surface area (Å²) in [4.78, 5) is 2.45. The van der Waals surface area contributed by atoms with Crippen LogP contribution in [0.3, 0.4) is 0 Å². The summed E-state index contributed by atoms with van der Waals surface area (Å²) in [5.41, 5.74) is 0. The van der Waals surface area contributed by atoms with Crippen molar-refractivity contribution >= 4 is 0 Å². The summed E-state index contributed by atoms with van der Waals surface area (Å²) in [5.74, 6) is 3.63. The van der Waals surface area contributed by atoms with E-state index in [4.69, 9.17) is 6.42 Å². The summed E-state index contributed by atoms with van der Waals surface area (Å²) >= 11 is 0. The molecule has 13 heavy (non-hydrogen) atoms. The number of rotatable bonds is 0. The van der Waals surface area contributed by atoms with Crippen LogP contribution in [-0.2, 0) is 0 Å². The predicted octanol–water partition coefficient (Wildman–Crippen LogP) is 0.711. The highest BCUT2D eigenvalue weighted by Crippen LogP contribution is 2.33.